The summed E-state index contributed by atoms with van der Waals surface area (Å²) in [6.07, 6.45) is 0. The van der Waals surface area contributed by atoms with Crippen LogP contribution >= 0.6 is 0 Å². The summed E-state index contributed by atoms with van der Waals surface area (Å²) in [6.45, 7) is 3.84. The molecule has 1 aliphatic rings. The van der Waals surface area contributed by atoms with E-state index in [9.17, 15) is 4.39 Å². The molecule has 3 nitrogen and oxygen atoms in total. The Kier molecular flexibility index (Phi) is 2.80. The molecule has 1 aliphatic heterocycles. The largest absolute Gasteiger partial charge is 0.315 e. The molecule has 4 heteroatoms. The first-order valence-electron chi connectivity index (χ1n) is 6.04. The van der Waals surface area contributed by atoms with E-state index in [1.807, 2.05) is 13.0 Å². The molecule has 2 heterocycles. The Morgan fingerprint density at radius 1 is 1.17 bits per heavy atom. The van der Waals surface area contributed by atoms with E-state index in [1.54, 1.807) is 12.1 Å². The van der Waals surface area contributed by atoms with Gasteiger partial charge in [0.2, 0.25) is 0 Å². The van der Waals surface area contributed by atoms with Crippen molar-refractivity contribution in [1.82, 2.24) is 15.3 Å². The molecule has 0 aliphatic carbocycles. The van der Waals surface area contributed by atoms with Crippen LogP contribution in [0, 0.1) is 12.7 Å². The van der Waals surface area contributed by atoms with Gasteiger partial charge in [-0.2, -0.15) is 0 Å². The summed E-state index contributed by atoms with van der Waals surface area (Å²) in [5.74, 6) is 1.06. The number of hydrogen-bond acceptors (Lipinski definition) is 3. The number of aromatic nitrogens is 2. The Labute approximate surface area is 105 Å². The van der Waals surface area contributed by atoms with E-state index in [-0.39, 0.29) is 5.82 Å². The van der Waals surface area contributed by atoms with Crippen molar-refractivity contribution in [1.29, 1.82) is 0 Å². The van der Waals surface area contributed by atoms with Gasteiger partial charge < -0.3 is 5.32 Å². The maximum atomic E-state index is 12.9. The Morgan fingerprint density at radius 2 is 1.89 bits per heavy atom. The first-order chi connectivity index (χ1) is 8.72. The smallest absolute Gasteiger partial charge is 0.134 e. The van der Waals surface area contributed by atoms with E-state index < -0.39 is 0 Å². The molecule has 0 atom stereocenters. The maximum Gasteiger partial charge on any atom is 0.134 e. The highest BCUT2D eigenvalue weighted by Gasteiger charge is 2.22. The number of aryl methyl sites for hydroxylation is 1. The number of hydrogen-bond donors (Lipinski definition) is 1. The molecule has 1 saturated heterocycles. The Bertz CT molecular complexity index is 562. The molecule has 2 aromatic rings. The first kappa shape index (κ1) is 11.3. The zero-order chi connectivity index (χ0) is 12.5. The van der Waals surface area contributed by atoms with Crippen LogP contribution in [0.1, 0.15) is 17.4 Å². The van der Waals surface area contributed by atoms with Crippen LogP contribution < -0.4 is 5.32 Å². The second kappa shape index (κ2) is 4.46. The second-order valence-corrected chi connectivity index (χ2v) is 4.61. The summed E-state index contributed by atoms with van der Waals surface area (Å²) >= 11 is 0. The SMILES string of the molecule is Cc1cc(-c2ccc(F)cc2)nc(C2CNC2)n1. The molecule has 1 aromatic carbocycles. The van der Waals surface area contributed by atoms with Crippen molar-refractivity contribution in [2.45, 2.75) is 12.8 Å². The minimum absolute atomic E-state index is 0.229. The van der Waals surface area contributed by atoms with Gasteiger partial charge in [0, 0.05) is 30.3 Å². The predicted octanol–water partition coefficient (Wildman–Crippen LogP) is 2.28. The van der Waals surface area contributed by atoms with E-state index in [0.717, 1.165) is 35.9 Å². The van der Waals surface area contributed by atoms with Crippen molar-refractivity contribution < 1.29 is 4.39 Å². The number of benzene rings is 1. The molecule has 92 valence electrons. The summed E-state index contributed by atoms with van der Waals surface area (Å²) in [6, 6.07) is 8.34. The lowest BCUT2D eigenvalue weighted by molar-refractivity contribution is 0.429. The van der Waals surface area contributed by atoms with Crippen molar-refractivity contribution in [3.63, 3.8) is 0 Å². The molecule has 0 bridgehead atoms. The van der Waals surface area contributed by atoms with Gasteiger partial charge in [0.25, 0.3) is 0 Å². The Balaban J connectivity index is 2.00. The van der Waals surface area contributed by atoms with Crippen molar-refractivity contribution >= 4 is 0 Å². The third-order valence-electron chi connectivity index (χ3n) is 3.16. The summed E-state index contributed by atoms with van der Waals surface area (Å²) in [5.41, 5.74) is 2.74. The minimum atomic E-state index is -0.229. The fourth-order valence-electron chi connectivity index (χ4n) is 2.01. The van der Waals surface area contributed by atoms with Gasteiger partial charge in [0.15, 0.2) is 0 Å². The molecule has 1 N–H and O–H groups in total. The molecule has 0 radical (unpaired) electrons. The number of nitrogens with zero attached hydrogens (tertiary/aromatic N) is 2. The third kappa shape index (κ3) is 2.11. The van der Waals surface area contributed by atoms with Gasteiger partial charge in [0.05, 0.1) is 5.69 Å². The van der Waals surface area contributed by atoms with Crippen molar-refractivity contribution in [2.24, 2.45) is 0 Å². The van der Waals surface area contributed by atoms with Crippen molar-refractivity contribution in [3.05, 3.63) is 47.7 Å². The first-order valence-corrected chi connectivity index (χ1v) is 6.04. The van der Waals surface area contributed by atoms with E-state index in [2.05, 4.69) is 15.3 Å². The topological polar surface area (TPSA) is 37.8 Å². The average molecular weight is 243 g/mol. The van der Waals surface area contributed by atoms with Gasteiger partial charge in [-0.05, 0) is 37.3 Å². The number of nitrogens with one attached hydrogen (secondary N) is 1. The average Bonchev–Trinajstić information content (AvgIpc) is 2.26. The minimum Gasteiger partial charge on any atom is -0.315 e. The van der Waals surface area contributed by atoms with Crippen LogP contribution in [0.15, 0.2) is 30.3 Å². The highest BCUT2D eigenvalue weighted by Crippen LogP contribution is 2.22. The van der Waals surface area contributed by atoms with E-state index in [0.29, 0.717) is 5.92 Å². The van der Waals surface area contributed by atoms with Crippen LogP contribution in [-0.4, -0.2) is 23.1 Å². The molecule has 1 aromatic heterocycles. The van der Waals surface area contributed by atoms with Crippen LogP contribution in [-0.2, 0) is 0 Å². The van der Waals surface area contributed by atoms with Gasteiger partial charge in [-0.15, -0.1) is 0 Å². The summed E-state index contributed by atoms with van der Waals surface area (Å²) in [5, 5.41) is 3.22. The molecule has 18 heavy (non-hydrogen) atoms. The van der Waals surface area contributed by atoms with E-state index in [1.165, 1.54) is 12.1 Å². The third-order valence-corrected chi connectivity index (χ3v) is 3.16. The van der Waals surface area contributed by atoms with Crippen LogP contribution in [0.3, 0.4) is 0 Å². The molecule has 0 spiro atoms. The van der Waals surface area contributed by atoms with Crippen LogP contribution in [0.5, 0.6) is 0 Å². The van der Waals surface area contributed by atoms with Crippen LogP contribution in [0.4, 0.5) is 4.39 Å². The fraction of sp³-hybridized carbons (Fsp3) is 0.286. The molecular formula is C14H14FN3. The van der Waals surface area contributed by atoms with Crippen molar-refractivity contribution in [3.8, 4) is 11.3 Å². The van der Waals surface area contributed by atoms with E-state index >= 15 is 0 Å². The molecule has 0 unspecified atom stereocenters. The zero-order valence-corrected chi connectivity index (χ0v) is 10.2. The van der Waals surface area contributed by atoms with Crippen molar-refractivity contribution in [2.75, 3.05) is 13.1 Å². The quantitative estimate of drug-likeness (QED) is 0.879. The standard InChI is InChI=1S/C14H14FN3/c1-9-6-13(10-2-4-12(15)5-3-10)18-14(17-9)11-7-16-8-11/h2-6,11,16H,7-8H2,1H3. The highest BCUT2D eigenvalue weighted by atomic mass is 19.1. The van der Waals surface area contributed by atoms with Gasteiger partial charge in [-0.3, -0.25) is 0 Å². The summed E-state index contributed by atoms with van der Waals surface area (Å²) < 4.78 is 12.9. The highest BCUT2D eigenvalue weighted by molar-refractivity contribution is 5.59. The van der Waals surface area contributed by atoms with Gasteiger partial charge in [-0.1, -0.05) is 0 Å². The fourth-order valence-corrected chi connectivity index (χ4v) is 2.01. The normalized spacial score (nSPS) is 15.4. The van der Waals surface area contributed by atoms with Gasteiger partial charge in [0.1, 0.15) is 11.6 Å². The number of rotatable bonds is 2. The predicted molar refractivity (Wildman–Crippen MR) is 67.8 cm³/mol. The molecule has 3 rings (SSSR count). The lowest BCUT2D eigenvalue weighted by atomic mass is 10.0. The molecule has 0 amide bonds. The molecular weight excluding hydrogens is 229 g/mol. The summed E-state index contributed by atoms with van der Waals surface area (Å²) in [4.78, 5) is 9.06. The summed E-state index contributed by atoms with van der Waals surface area (Å²) in [7, 11) is 0. The monoisotopic (exact) mass is 243 g/mol. The van der Waals surface area contributed by atoms with Crippen LogP contribution in [0.2, 0.25) is 0 Å². The maximum absolute atomic E-state index is 12.9. The zero-order valence-electron chi connectivity index (χ0n) is 10.2. The second-order valence-electron chi connectivity index (χ2n) is 4.61. The van der Waals surface area contributed by atoms with Crippen LogP contribution in [0.25, 0.3) is 11.3 Å². The van der Waals surface area contributed by atoms with Gasteiger partial charge in [-0.25, -0.2) is 14.4 Å². The lowest BCUT2D eigenvalue weighted by Crippen LogP contribution is -2.41. The number of halogens is 1. The van der Waals surface area contributed by atoms with E-state index in [4.69, 9.17) is 0 Å². The Morgan fingerprint density at radius 3 is 2.50 bits per heavy atom. The Hall–Kier alpha value is -1.81. The lowest BCUT2D eigenvalue weighted by Gasteiger charge is -2.26. The molecule has 1 fully saturated rings. The van der Waals surface area contributed by atoms with Gasteiger partial charge >= 0.3 is 0 Å². The molecule has 0 saturated carbocycles.